The molecule has 1 fully saturated rings. The fraction of sp³-hybridized carbons (Fsp3) is 0.588. The molecule has 0 bridgehead atoms. The molecular weight excluding hydrogens is 309 g/mol. The van der Waals surface area contributed by atoms with Crippen LogP contribution in [0.4, 0.5) is 13.2 Å². The lowest BCUT2D eigenvalue weighted by Gasteiger charge is -2.41. The van der Waals surface area contributed by atoms with Crippen molar-refractivity contribution in [3.05, 3.63) is 29.3 Å². The highest BCUT2D eigenvalue weighted by Crippen LogP contribution is 2.57. The van der Waals surface area contributed by atoms with E-state index in [0.717, 1.165) is 24.2 Å². The normalized spacial score (nSPS) is 29.6. The van der Waals surface area contributed by atoms with E-state index in [1.807, 2.05) is 25.1 Å². The van der Waals surface area contributed by atoms with Gasteiger partial charge in [0.05, 0.1) is 7.11 Å². The van der Waals surface area contributed by atoms with Crippen molar-refractivity contribution in [2.45, 2.75) is 50.8 Å². The van der Waals surface area contributed by atoms with Crippen molar-refractivity contribution in [1.29, 1.82) is 0 Å². The first kappa shape index (κ1) is 16.1. The Balaban J connectivity index is 1.85. The van der Waals surface area contributed by atoms with E-state index in [4.69, 9.17) is 9.47 Å². The summed E-state index contributed by atoms with van der Waals surface area (Å²) in [5, 5.41) is 0. The van der Waals surface area contributed by atoms with Crippen molar-refractivity contribution < 1.29 is 27.4 Å². The SMILES string of the molecule is COc1ccc2c(c1)CC[C@]1(C)[C@@H](OC(=O)C(F)(F)F)CC[C@@H]21. The quantitative estimate of drug-likeness (QED) is 0.770. The second kappa shape index (κ2) is 5.42. The number of fused-ring (bicyclic) bond motifs is 3. The number of rotatable bonds is 2. The van der Waals surface area contributed by atoms with Crippen LogP contribution in [0.5, 0.6) is 5.75 Å². The molecule has 0 unspecified atom stereocenters. The Morgan fingerprint density at radius 1 is 1.30 bits per heavy atom. The molecule has 1 saturated carbocycles. The molecule has 3 nitrogen and oxygen atoms in total. The third kappa shape index (κ3) is 2.68. The number of ether oxygens (including phenoxy) is 2. The Bertz CT molecular complexity index is 626. The van der Waals surface area contributed by atoms with Crippen molar-refractivity contribution in [2.75, 3.05) is 7.11 Å². The van der Waals surface area contributed by atoms with Gasteiger partial charge in [0.15, 0.2) is 0 Å². The van der Waals surface area contributed by atoms with Crippen molar-refractivity contribution in [1.82, 2.24) is 0 Å². The molecule has 23 heavy (non-hydrogen) atoms. The van der Waals surface area contributed by atoms with Gasteiger partial charge in [-0.05, 0) is 54.9 Å². The number of benzene rings is 1. The minimum Gasteiger partial charge on any atom is -0.497 e. The fourth-order valence-electron chi connectivity index (χ4n) is 4.11. The van der Waals surface area contributed by atoms with Gasteiger partial charge in [0, 0.05) is 5.41 Å². The molecule has 0 spiro atoms. The second-order valence-corrected chi connectivity index (χ2v) is 6.59. The number of carbonyl (C=O) groups is 1. The molecule has 0 N–H and O–H groups in total. The van der Waals surface area contributed by atoms with Crippen molar-refractivity contribution in [3.63, 3.8) is 0 Å². The maximum atomic E-state index is 12.5. The molecule has 0 heterocycles. The average molecular weight is 328 g/mol. The Morgan fingerprint density at radius 3 is 2.70 bits per heavy atom. The summed E-state index contributed by atoms with van der Waals surface area (Å²) in [5.74, 6) is -1.18. The number of aryl methyl sites for hydroxylation is 1. The third-order valence-electron chi connectivity index (χ3n) is 5.39. The number of methoxy groups -OCH3 is 1. The predicted molar refractivity (Wildman–Crippen MR) is 77.3 cm³/mol. The van der Waals surface area contributed by atoms with Gasteiger partial charge in [-0.1, -0.05) is 13.0 Å². The monoisotopic (exact) mass is 328 g/mol. The van der Waals surface area contributed by atoms with Gasteiger partial charge in [-0.3, -0.25) is 0 Å². The van der Waals surface area contributed by atoms with Gasteiger partial charge in [0.1, 0.15) is 11.9 Å². The summed E-state index contributed by atoms with van der Waals surface area (Å²) in [4.78, 5) is 11.2. The minimum absolute atomic E-state index is 0.114. The van der Waals surface area contributed by atoms with Crippen LogP contribution < -0.4 is 4.74 Å². The van der Waals surface area contributed by atoms with Gasteiger partial charge in [-0.15, -0.1) is 0 Å². The van der Waals surface area contributed by atoms with E-state index in [1.54, 1.807) is 7.11 Å². The van der Waals surface area contributed by atoms with Crippen molar-refractivity contribution in [2.24, 2.45) is 5.41 Å². The van der Waals surface area contributed by atoms with E-state index in [2.05, 4.69) is 0 Å². The molecule has 0 aromatic heterocycles. The van der Waals surface area contributed by atoms with Gasteiger partial charge in [-0.2, -0.15) is 13.2 Å². The smallest absolute Gasteiger partial charge is 0.490 e. The van der Waals surface area contributed by atoms with Crippen molar-refractivity contribution in [3.8, 4) is 5.75 Å². The van der Waals surface area contributed by atoms with Crippen LogP contribution in [0, 0.1) is 5.41 Å². The number of alkyl halides is 3. The number of hydrogen-bond acceptors (Lipinski definition) is 3. The van der Waals surface area contributed by atoms with Crippen LogP contribution in [-0.2, 0) is 16.0 Å². The summed E-state index contributed by atoms with van der Waals surface area (Å²) >= 11 is 0. The van der Waals surface area contributed by atoms with E-state index in [1.165, 1.54) is 5.56 Å². The molecule has 1 aromatic rings. The molecule has 1 aromatic carbocycles. The fourth-order valence-corrected chi connectivity index (χ4v) is 4.11. The third-order valence-corrected chi connectivity index (χ3v) is 5.39. The number of esters is 1. The van der Waals surface area contributed by atoms with Crippen molar-refractivity contribution >= 4 is 5.97 Å². The van der Waals surface area contributed by atoms with E-state index in [0.29, 0.717) is 12.8 Å². The molecule has 3 atom stereocenters. The number of carbonyl (C=O) groups excluding carboxylic acids is 1. The molecule has 3 rings (SSSR count). The highest BCUT2D eigenvalue weighted by molar-refractivity contribution is 5.75. The zero-order valence-corrected chi connectivity index (χ0v) is 13.1. The van der Waals surface area contributed by atoms with Crippen LogP contribution in [-0.4, -0.2) is 25.4 Å². The topological polar surface area (TPSA) is 35.5 Å². The van der Waals surface area contributed by atoms with Crippen LogP contribution in [0.15, 0.2) is 18.2 Å². The highest BCUT2D eigenvalue weighted by Gasteiger charge is 2.53. The van der Waals surface area contributed by atoms with Crippen LogP contribution in [0.1, 0.15) is 43.2 Å². The maximum absolute atomic E-state index is 12.5. The van der Waals surface area contributed by atoms with Crippen LogP contribution >= 0.6 is 0 Å². The summed E-state index contributed by atoms with van der Waals surface area (Å²) in [6.45, 7) is 1.94. The lowest BCUT2D eigenvalue weighted by atomic mass is 9.66. The molecule has 6 heteroatoms. The lowest BCUT2D eigenvalue weighted by molar-refractivity contribution is -0.209. The Hall–Kier alpha value is -1.72. The van der Waals surface area contributed by atoms with Gasteiger partial charge in [0.25, 0.3) is 0 Å². The average Bonchev–Trinajstić information content (AvgIpc) is 2.83. The summed E-state index contributed by atoms with van der Waals surface area (Å²) < 4.78 is 47.5. The number of halogens is 3. The zero-order chi connectivity index (χ0) is 16.8. The predicted octanol–water partition coefficient (Wildman–Crippen LogP) is 4.00. The molecule has 0 radical (unpaired) electrons. The Labute approximate surface area is 132 Å². The summed E-state index contributed by atoms with van der Waals surface area (Å²) in [6.07, 6.45) is -2.97. The van der Waals surface area contributed by atoms with E-state index < -0.39 is 23.7 Å². The Kier molecular flexibility index (Phi) is 3.81. The largest absolute Gasteiger partial charge is 0.497 e. The molecule has 2 aliphatic rings. The molecule has 0 amide bonds. The first-order valence-corrected chi connectivity index (χ1v) is 7.70. The minimum atomic E-state index is -4.94. The second-order valence-electron chi connectivity index (χ2n) is 6.59. The van der Waals surface area contributed by atoms with Crippen LogP contribution in [0.3, 0.4) is 0 Å². The van der Waals surface area contributed by atoms with Crippen LogP contribution in [0.25, 0.3) is 0 Å². The molecule has 126 valence electrons. The highest BCUT2D eigenvalue weighted by atomic mass is 19.4. The molecule has 0 saturated heterocycles. The standard InChI is InChI=1S/C17H19F3O3/c1-16-8-7-10-9-11(22-2)3-4-12(10)13(16)5-6-14(16)23-15(21)17(18,19)20/h3-4,9,13-14H,5-8H2,1-2H3/t13-,14-,16-/m0/s1. The summed E-state index contributed by atoms with van der Waals surface area (Å²) in [7, 11) is 1.61. The molecule has 0 aliphatic heterocycles. The van der Waals surface area contributed by atoms with Gasteiger partial charge in [0.2, 0.25) is 0 Å². The van der Waals surface area contributed by atoms with Gasteiger partial charge < -0.3 is 9.47 Å². The van der Waals surface area contributed by atoms with Gasteiger partial charge >= 0.3 is 12.1 Å². The summed E-state index contributed by atoms with van der Waals surface area (Å²) in [5.41, 5.74) is 1.88. The first-order chi connectivity index (χ1) is 10.8. The van der Waals surface area contributed by atoms with E-state index in [9.17, 15) is 18.0 Å². The number of hydrogen-bond donors (Lipinski definition) is 0. The molecule has 2 aliphatic carbocycles. The summed E-state index contributed by atoms with van der Waals surface area (Å²) in [6, 6.07) is 5.85. The lowest BCUT2D eigenvalue weighted by Crippen LogP contribution is -2.40. The van der Waals surface area contributed by atoms with Gasteiger partial charge in [-0.25, -0.2) is 4.79 Å². The van der Waals surface area contributed by atoms with Crippen LogP contribution in [0.2, 0.25) is 0 Å². The zero-order valence-electron chi connectivity index (χ0n) is 13.1. The molecular formula is C17H19F3O3. The maximum Gasteiger partial charge on any atom is 0.490 e. The van der Waals surface area contributed by atoms with E-state index >= 15 is 0 Å². The van der Waals surface area contributed by atoms with E-state index in [-0.39, 0.29) is 5.92 Å². The Morgan fingerprint density at radius 2 is 2.04 bits per heavy atom. The first-order valence-electron chi connectivity index (χ1n) is 7.70.